The van der Waals surface area contributed by atoms with Crippen molar-refractivity contribution < 1.29 is 19.0 Å². The largest absolute Gasteiger partial charge is 0.493 e. The molecule has 106 valence electrons. The van der Waals surface area contributed by atoms with Gasteiger partial charge in [0, 0.05) is 10.9 Å². The van der Waals surface area contributed by atoms with Crippen molar-refractivity contribution in [3.05, 3.63) is 22.2 Å². The van der Waals surface area contributed by atoms with E-state index in [0.29, 0.717) is 24.5 Å². The predicted octanol–water partition coefficient (Wildman–Crippen LogP) is 3.35. The van der Waals surface area contributed by atoms with Crippen molar-refractivity contribution in [3.8, 4) is 11.5 Å². The highest BCUT2D eigenvalue weighted by Gasteiger charge is 2.10. The van der Waals surface area contributed by atoms with E-state index in [2.05, 4.69) is 15.9 Å². The van der Waals surface area contributed by atoms with Gasteiger partial charge in [-0.2, -0.15) is 0 Å². The molecule has 1 aromatic carbocycles. The number of esters is 1. The van der Waals surface area contributed by atoms with Gasteiger partial charge in [0.05, 0.1) is 20.8 Å². The smallest absolute Gasteiger partial charge is 0.305 e. The Morgan fingerprint density at radius 3 is 2.42 bits per heavy atom. The molecule has 0 unspecified atom stereocenters. The molecule has 4 nitrogen and oxygen atoms in total. The third-order valence-electron chi connectivity index (χ3n) is 2.68. The first-order valence-corrected chi connectivity index (χ1v) is 6.97. The van der Waals surface area contributed by atoms with Gasteiger partial charge in [0.15, 0.2) is 11.5 Å². The van der Waals surface area contributed by atoms with Crippen molar-refractivity contribution in [2.45, 2.75) is 26.2 Å². The van der Waals surface area contributed by atoms with Crippen LogP contribution >= 0.6 is 15.9 Å². The Balaban J connectivity index is 2.65. The number of ether oxygens (including phenoxy) is 3. The molecule has 0 amide bonds. The number of carbonyl (C=O) groups is 1. The van der Waals surface area contributed by atoms with Crippen LogP contribution in [-0.2, 0) is 16.0 Å². The van der Waals surface area contributed by atoms with Crippen LogP contribution in [0.25, 0.3) is 0 Å². The van der Waals surface area contributed by atoms with Gasteiger partial charge in [-0.15, -0.1) is 0 Å². The Bertz CT molecular complexity index is 432. The maximum atomic E-state index is 11.3. The van der Waals surface area contributed by atoms with Gasteiger partial charge >= 0.3 is 5.97 Å². The molecule has 0 N–H and O–H groups in total. The second-order valence-electron chi connectivity index (χ2n) is 3.96. The van der Waals surface area contributed by atoms with Crippen LogP contribution < -0.4 is 9.47 Å². The van der Waals surface area contributed by atoms with Crippen molar-refractivity contribution in [2.24, 2.45) is 0 Å². The van der Waals surface area contributed by atoms with E-state index >= 15 is 0 Å². The van der Waals surface area contributed by atoms with E-state index in [1.807, 2.05) is 19.1 Å². The first-order chi connectivity index (χ1) is 9.12. The van der Waals surface area contributed by atoms with Crippen molar-refractivity contribution in [3.63, 3.8) is 0 Å². The number of methoxy groups -OCH3 is 2. The summed E-state index contributed by atoms with van der Waals surface area (Å²) >= 11 is 3.50. The zero-order valence-electron chi connectivity index (χ0n) is 11.5. The monoisotopic (exact) mass is 330 g/mol. The van der Waals surface area contributed by atoms with Crippen molar-refractivity contribution in [1.29, 1.82) is 0 Å². The van der Waals surface area contributed by atoms with E-state index in [1.165, 1.54) is 0 Å². The molecule has 0 spiro atoms. The average Bonchev–Trinajstić information content (AvgIpc) is 2.40. The van der Waals surface area contributed by atoms with E-state index in [0.717, 1.165) is 22.9 Å². The number of hydrogen-bond acceptors (Lipinski definition) is 4. The van der Waals surface area contributed by atoms with Gasteiger partial charge in [-0.1, -0.05) is 15.9 Å². The molecular formula is C14H19BrO4. The summed E-state index contributed by atoms with van der Waals surface area (Å²) in [7, 11) is 3.21. The fourth-order valence-corrected chi connectivity index (χ4v) is 2.26. The van der Waals surface area contributed by atoms with Crippen LogP contribution in [0.5, 0.6) is 11.5 Å². The van der Waals surface area contributed by atoms with E-state index in [1.54, 1.807) is 14.2 Å². The van der Waals surface area contributed by atoms with Crippen LogP contribution in [0.1, 0.15) is 25.3 Å². The molecule has 1 aromatic rings. The maximum Gasteiger partial charge on any atom is 0.305 e. The molecular weight excluding hydrogens is 312 g/mol. The topological polar surface area (TPSA) is 44.8 Å². The van der Waals surface area contributed by atoms with Crippen LogP contribution in [0.3, 0.4) is 0 Å². The fourth-order valence-electron chi connectivity index (χ4n) is 1.74. The molecule has 0 aliphatic heterocycles. The van der Waals surface area contributed by atoms with Gasteiger partial charge in [-0.3, -0.25) is 4.79 Å². The highest BCUT2D eigenvalue weighted by molar-refractivity contribution is 9.10. The second-order valence-corrected chi connectivity index (χ2v) is 4.81. The SMILES string of the molecule is CCOC(=O)CCCc1cc(OC)c(OC)cc1Br. The molecule has 0 bridgehead atoms. The van der Waals surface area contributed by atoms with Gasteiger partial charge < -0.3 is 14.2 Å². The zero-order valence-corrected chi connectivity index (χ0v) is 13.1. The minimum Gasteiger partial charge on any atom is -0.493 e. The molecule has 0 atom stereocenters. The summed E-state index contributed by atoms with van der Waals surface area (Å²) in [5, 5.41) is 0. The number of aryl methyl sites for hydroxylation is 1. The lowest BCUT2D eigenvalue weighted by Gasteiger charge is -2.11. The summed E-state index contributed by atoms with van der Waals surface area (Å²) in [5.74, 6) is 1.22. The third-order valence-corrected chi connectivity index (χ3v) is 3.42. The minimum absolute atomic E-state index is 0.154. The van der Waals surface area contributed by atoms with E-state index < -0.39 is 0 Å². The second kappa shape index (κ2) is 8.04. The van der Waals surface area contributed by atoms with Gasteiger partial charge in [0.2, 0.25) is 0 Å². The maximum absolute atomic E-state index is 11.3. The molecule has 0 heterocycles. The Morgan fingerprint density at radius 1 is 1.21 bits per heavy atom. The van der Waals surface area contributed by atoms with Crippen LogP contribution in [-0.4, -0.2) is 26.8 Å². The normalized spacial score (nSPS) is 10.1. The van der Waals surface area contributed by atoms with E-state index in [-0.39, 0.29) is 5.97 Å². The number of halogens is 1. The molecule has 0 aliphatic carbocycles. The van der Waals surface area contributed by atoms with E-state index in [4.69, 9.17) is 14.2 Å². The summed E-state index contributed by atoms with van der Waals surface area (Å²) in [6.07, 6.45) is 1.95. The van der Waals surface area contributed by atoms with Crippen molar-refractivity contribution in [2.75, 3.05) is 20.8 Å². The number of carbonyl (C=O) groups excluding carboxylic acids is 1. The molecule has 0 saturated carbocycles. The lowest BCUT2D eigenvalue weighted by Crippen LogP contribution is -2.04. The summed E-state index contributed by atoms with van der Waals surface area (Å²) in [6, 6.07) is 3.80. The Kier molecular flexibility index (Phi) is 6.70. The van der Waals surface area contributed by atoms with Crippen molar-refractivity contribution >= 4 is 21.9 Å². The molecule has 0 radical (unpaired) electrons. The predicted molar refractivity (Wildman–Crippen MR) is 76.8 cm³/mol. The summed E-state index contributed by atoms with van der Waals surface area (Å²) in [6.45, 7) is 2.24. The minimum atomic E-state index is -0.154. The standard InChI is InChI=1S/C14H19BrO4/c1-4-19-14(16)7-5-6-10-8-12(17-2)13(18-3)9-11(10)15/h8-9H,4-7H2,1-3H3. The Hall–Kier alpha value is -1.23. The van der Waals surface area contributed by atoms with Crippen LogP contribution in [0, 0.1) is 0 Å². The molecule has 0 saturated heterocycles. The molecule has 1 rings (SSSR count). The highest BCUT2D eigenvalue weighted by atomic mass is 79.9. The lowest BCUT2D eigenvalue weighted by atomic mass is 10.1. The number of hydrogen-bond donors (Lipinski definition) is 0. The summed E-state index contributed by atoms with van der Waals surface area (Å²) in [4.78, 5) is 11.3. The Morgan fingerprint density at radius 2 is 1.84 bits per heavy atom. The van der Waals surface area contributed by atoms with E-state index in [9.17, 15) is 4.79 Å². The van der Waals surface area contributed by atoms with Crippen LogP contribution in [0.15, 0.2) is 16.6 Å². The van der Waals surface area contributed by atoms with Gasteiger partial charge in [-0.05, 0) is 37.5 Å². The number of rotatable bonds is 7. The third kappa shape index (κ3) is 4.74. The van der Waals surface area contributed by atoms with Gasteiger partial charge in [0.1, 0.15) is 0 Å². The molecule has 0 aromatic heterocycles. The molecule has 5 heteroatoms. The van der Waals surface area contributed by atoms with Crippen LogP contribution in [0.4, 0.5) is 0 Å². The highest BCUT2D eigenvalue weighted by Crippen LogP contribution is 2.33. The lowest BCUT2D eigenvalue weighted by molar-refractivity contribution is -0.143. The number of benzene rings is 1. The molecule has 0 aliphatic rings. The average molecular weight is 331 g/mol. The fraction of sp³-hybridized carbons (Fsp3) is 0.500. The van der Waals surface area contributed by atoms with Gasteiger partial charge in [0.25, 0.3) is 0 Å². The summed E-state index contributed by atoms with van der Waals surface area (Å²) < 4.78 is 16.3. The van der Waals surface area contributed by atoms with Crippen LogP contribution in [0.2, 0.25) is 0 Å². The molecule has 0 fully saturated rings. The zero-order chi connectivity index (χ0) is 14.3. The first kappa shape index (κ1) is 15.8. The van der Waals surface area contributed by atoms with Crippen molar-refractivity contribution in [1.82, 2.24) is 0 Å². The summed E-state index contributed by atoms with van der Waals surface area (Å²) in [5.41, 5.74) is 1.09. The van der Waals surface area contributed by atoms with Gasteiger partial charge in [-0.25, -0.2) is 0 Å². The molecule has 19 heavy (non-hydrogen) atoms. The quantitative estimate of drug-likeness (QED) is 0.719. The first-order valence-electron chi connectivity index (χ1n) is 6.18. The Labute approximate surface area is 122 Å².